The number of hydrazone groups is 1. The summed E-state index contributed by atoms with van der Waals surface area (Å²) in [4.78, 5) is 11.8. The minimum absolute atomic E-state index is 0.143. The highest BCUT2D eigenvalue weighted by molar-refractivity contribution is 7.89. The number of nitrogens with one attached hydrogen (secondary N) is 2. The Labute approximate surface area is 131 Å². The number of carbonyl (C=O) groups excluding carboxylic acids is 1. The predicted octanol–water partition coefficient (Wildman–Crippen LogP) is 1.71. The summed E-state index contributed by atoms with van der Waals surface area (Å²) in [5.41, 5.74) is 4.35. The number of nitrogens with zero attached hydrogens (tertiary/aromatic N) is 1. The van der Waals surface area contributed by atoms with Crippen molar-refractivity contribution in [2.45, 2.75) is 43.9 Å². The molecule has 120 valence electrons. The first kappa shape index (κ1) is 16.6. The summed E-state index contributed by atoms with van der Waals surface area (Å²) in [6, 6.07) is 6.45. The van der Waals surface area contributed by atoms with Crippen molar-refractivity contribution < 1.29 is 13.2 Å². The average Bonchev–Trinajstić information content (AvgIpc) is 2.52. The summed E-state index contributed by atoms with van der Waals surface area (Å²) in [6.07, 6.45) is 5.18. The Kier molecular flexibility index (Phi) is 5.68. The number of aryl methyl sites for hydroxylation is 1. The molecule has 0 saturated heterocycles. The highest BCUT2D eigenvalue weighted by atomic mass is 32.2. The Bertz CT molecular complexity index is 643. The second-order valence-electron chi connectivity index (χ2n) is 5.41. The lowest BCUT2D eigenvalue weighted by Gasteiger charge is -2.12. The van der Waals surface area contributed by atoms with E-state index in [2.05, 4.69) is 15.2 Å². The zero-order valence-corrected chi connectivity index (χ0v) is 13.4. The van der Waals surface area contributed by atoms with Gasteiger partial charge in [-0.15, -0.1) is 0 Å². The summed E-state index contributed by atoms with van der Waals surface area (Å²) in [5, 5.41) is 4.05. The standard InChI is InChI=1S/C15H21N3O3S/c1-12-7-9-14(10-8-12)22(20,21)16-11-15(19)18-17-13-5-3-2-4-6-13/h7-10,16H,2-6,11H2,1H3,(H,18,19). The highest BCUT2D eigenvalue weighted by Crippen LogP contribution is 2.14. The van der Waals surface area contributed by atoms with Crippen LogP contribution in [0, 0.1) is 6.92 Å². The molecule has 1 aliphatic rings. The van der Waals surface area contributed by atoms with Crippen LogP contribution in [0.2, 0.25) is 0 Å². The molecule has 1 saturated carbocycles. The van der Waals surface area contributed by atoms with E-state index in [9.17, 15) is 13.2 Å². The molecular weight excluding hydrogens is 302 g/mol. The number of benzene rings is 1. The molecular formula is C15H21N3O3S. The molecule has 0 bridgehead atoms. The molecule has 7 heteroatoms. The maximum Gasteiger partial charge on any atom is 0.255 e. The molecule has 1 aromatic rings. The Morgan fingerprint density at radius 3 is 2.41 bits per heavy atom. The van der Waals surface area contributed by atoms with Gasteiger partial charge in [-0.3, -0.25) is 4.79 Å². The minimum Gasteiger partial charge on any atom is -0.272 e. The molecule has 0 unspecified atom stereocenters. The van der Waals surface area contributed by atoms with E-state index in [1.165, 1.54) is 18.6 Å². The van der Waals surface area contributed by atoms with Crippen molar-refractivity contribution in [2.75, 3.05) is 6.54 Å². The second-order valence-corrected chi connectivity index (χ2v) is 7.18. The predicted molar refractivity (Wildman–Crippen MR) is 85.0 cm³/mol. The van der Waals surface area contributed by atoms with Crippen LogP contribution >= 0.6 is 0 Å². The van der Waals surface area contributed by atoms with E-state index in [0.717, 1.165) is 37.0 Å². The number of rotatable bonds is 5. The van der Waals surface area contributed by atoms with Crippen molar-refractivity contribution in [2.24, 2.45) is 5.10 Å². The van der Waals surface area contributed by atoms with E-state index in [4.69, 9.17) is 0 Å². The second kappa shape index (κ2) is 7.51. The Hall–Kier alpha value is -1.73. The highest BCUT2D eigenvalue weighted by Gasteiger charge is 2.15. The summed E-state index contributed by atoms with van der Waals surface area (Å²) in [7, 11) is -3.67. The van der Waals surface area contributed by atoms with Crippen LogP contribution < -0.4 is 10.1 Å². The molecule has 1 aromatic carbocycles. The average molecular weight is 323 g/mol. The summed E-state index contributed by atoms with van der Waals surface area (Å²) < 4.78 is 26.3. The third-order valence-corrected chi connectivity index (χ3v) is 4.94. The maximum atomic E-state index is 12.0. The van der Waals surface area contributed by atoms with Crippen molar-refractivity contribution in [1.82, 2.24) is 10.1 Å². The maximum absolute atomic E-state index is 12.0. The lowest BCUT2D eigenvalue weighted by Crippen LogP contribution is -2.35. The molecule has 0 heterocycles. The first-order valence-electron chi connectivity index (χ1n) is 7.38. The number of amides is 1. The lowest BCUT2D eigenvalue weighted by atomic mass is 9.99. The SMILES string of the molecule is Cc1ccc(S(=O)(=O)NCC(=O)NN=C2CCCCC2)cc1. The van der Waals surface area contributed by atoms with Crippen LogP contribution in [0.5, 0.6) is 0 Å². The van der Waals surface area contributed by atoms with E-state index in [1.807, 2.05) is 6.92 Å². The van der Waals surface area contributed by atoms with Gasteiger partial charge < -0.3 is 0 Å². The summed E-state index contributed by atoms with van der Waals surface area (Å²) in [5.74, 6) is -0.464. The summed E-state index contributed by atoms with van der Waals surface area (Å²) in [6.45, 7) is 1.55. The molecule has 0 aromatic heterocycles. The topological polar surface area (TPSA) is 87.6 Å². The fourth-order valence-corrected chi connectivity index (χ4v) is 3.20. The molecule has 1 fully saturated rings. The Morgan fingerprint density at radius 1 is 1.14 bits per heavy atom. The van der Waals surface area contributed by atoms with Gasteiger partial charge in [0, 0.05) is 5.71 Å². The first-order valence-corrected chi connectivity index (χ1v) is 8.86. The zero-order valence-electron chi connectivity index (χ0n) is 12.6. The van der Waals surface area contributed by atoms with Gasteiger partial charge in [-0.05, 0) is 44.7 Å². The molecule has 6 nitrogen and oxygen atoms in total. The quantitative estimate of drug-likeness (QED) is 0.809. The van der Waals surface area contributed by atoms with Crippen LogP contribution in [0.4, 0.5) is 0 Å². The third-order valence-electron chi connectivity index (χ3n) is 3.52. The molecule has 22 heavy (non-hydrogen) atoms. The van der Waals surface area contributed by atoms with Crippen LogP contribution in [-0.4, -0.2) is 26.6 Å². The largest absolute Gasteiger partial charge is 0.272 e. The molecule has 2 rings (SSSR count). The lowest BCUT2D eigenvalue weighted by molar-refractivity contribution is -0.119. The molecule has 1 aliphatic carbocycles. The van der Waals surface area contributed by atoms with Crippen LogP contribution in [0.1, 0.15) is 37.7 Å². The first-order chi connectivity index (χ1) is 10.5. The van der Waals surface area contributed by atoms with Crippen LogP contribution in [0.15, 0.2) is 34.3 Å². The molecule has 0 radical (unpaired) electrons. The van der Waals surface area contributed by atoms with Gasteiger partial charge in [0.1, 0.15) is 0 Å². The van der Waals surface area contributed by atoms with Crippen LogP contribution in [0.3, 0.4) is 0 Å². The fourth-order valence-electron chi connectivity index (χ4n) is 2.21. The van der Waals surface area contributed by atoms with E-state index in [-0.39, 0.29) is 11.4 Å². The van der Waals surface area contributed by atoms with E-state index < -0.39 is 15.9 Å². The Morgan fingerprint density at radius 2 is 1.77 bits per heavy atom. The van der Waals surface area contributed by atoms with Gasteiger partial charge in [-0.2, -0.15) is 5.10 Å². The van der Waals surface area contributed by atoms with Gasteiger partial charge in [0.15, 0.2) is 0 Å². The normalized spacial score (nSPS) is 15.4. The smallest absolute Gasteiger partial charge is 0.255 e. The molecule has 0 atom stereocenters. The molecule has 2 N–H and O–H groups in total. The fraction of sp³-hybridized carbons (Fsp3) is 0.467. The van der Waals surface area contributed by atoms with Crippen molar-refractivity contribution >= 4 is 21.6 Å². The minimum atomic E-state index is -3.67. The van der Waals surface area contributed by atoms with Crippen molar-refractivity contribution in [3.63, 3.8) is 0 Å². The monoisotopic (exact) mass is 323 g/mol. The van der Waals surface area contributed by atoms with Gasteiger partial charge in [0.25, 0.3) is 5.91 Å². The van der Waals surface area contributed by atoms with Gasteiger partial charge in [-0.1, -0.05) is 24.1 Å². The number of sulfonamides is 1. The van der Waals surface area contributed by atoms with Crippen LogP contribution in [-0.2, 0) is 14.8 Å². The van der Waals surface area contributed by atoms with E-state index in [0.29, 0.717) is 0 Å². The number of hydrogen-bond acceptors (Lipinski definition) is 4. The van der Waals surface area contributed by atoms with E-state index in [1.54, 1.807) is 12.1 Å². The van der Waals surface area contributed by atoms with Gasteiger partial charge >= 0.3 is 0 Å². The number of carbonyl (C=O) groups is 1. The van der Waals surface area contributed by atoms with Crippen LogP contribution in [0.25, 0.3) is 0 Å². The van der Waals surface area contributed by atoms with E-state index >= 15 is 0 Å². The molecule has 0 spiro atoms. The zero-order chi connectivity index (χ0) is 16.0. The van der Waals surface area contributed by atoms with Gasteiger partial charge in [0.05, 0.1) is 11.4 Å². The number of hydrogen-bond donors (Lipinski definition) is 2. The molecule has 1 amide bonds. The summed E-state index contributed by atoms with van der Waals surface area (Å²) >= 11 is 0. The van der Waals surface area contributed by atoms with Crippen molar-refractivity contribution in [1.29, 1.82) is 0 Å². The molecule has 0 aliphatic heterocycles. The third kappa shape index (κ3) is 4.92. The van der Waals surface area contributed by atoms with Gasteiger partial charge in [0.2, 0.25) is 10.0 Å². The van der Waals surface area contributed by atoms with Gasteiger partial charge in [-0.25, -0.2) is 18.6 Å². The Balaban J connectivity index is 1.86. The van der Waals surface area contributed by atoms with Crippen molar-refractivity contribution in [3.05, 3.63) is 29.8 Å². The van der Waals surface area contributed by atoms with Crippen molar-refractivity contribution in [3.8, 4) is 0 Å².